The lowest BCUT2D eigenvalue weighted by Gasteiger charge is -2.46. The Kier molecular flexibility index (Phi) is 4.29. The molecule has 0 radical (unpaired) electrons. The van der Waals surface area contributed by atoms with Crippen molar-refractivity contribution in [3.05, 3.63) is 11.9 Å². The minimum Gasteiger partial charge on any atom is -0.373 e. The number of aromatic nitrogens is 2. The van der Waals surface area contributed by atoms with E-state index in [-0.39, 0.29) is 0 Å². The van der Waals surface area contributed by atoms with Crippen molar-refractivity contribution in [3.8, 4) is 0 Å². The molecule has 5 heteroatoms. The number of fused-ring (bicyclic) bond motifs is 1. The van der Waals surface area contributed by atoms with Gasteiger partial charge in [-0.15, -0.1) is 0 Å². The zero-order valence-corrected chi connectivity index (χ0v) is 13.5. The van der Waals surface area contributed by atoms with Gasteiger partial charge in [-0.1, -0.05) is 6.92 Å². The number of nitrogens with zero attached hydrogens (tertiary/aromatic N) is 4. The quantitative estimate of drug-likeness (QED) is 0.922. The predicted octanol–water partition coefficient (Wildman–Crippen LogP) is 2.00. The molecule has 0 saturated carbocycles. The van der Waals surface area contributed by atoms with E-state index in [9.17, 15) is 0 Å². The Balaban J connectivity index is 1.82. The molecule has 0 aliphatic carbocycles. The van der Waals surface area contributed by atoms with Gasteiger partial charge in [0, 0.05) is 31.7 Å². The van der Waals surface area contributed by atoms with Gasteiger partial charge in [-0.2, -0.15) is 0 Å². The minimum atomic E-state index is 0.769. The Bertz CT molecular complexity index is 490. The van der Waals surface area contributed by atoms with Crippen LogP contribution in [0.4, 0.5) is 11.6 Å². The third-order valence-corrected chi connectivity index (χ3v) is 5.16. The molecule has 2 aliphatic rings. The highest BCUT2D eigenvalue weighted by molar-refractivity contribution is 5.58. The van der Waals surface area contributed by atoms with Crippen LogP contribution >= 0.6 is 0 Å². The van der Waals surface area contributed by atoms with Crippen LogP contribution in [0, 0.1) is 5.92 Å². The normalized spacial score (nSPS) is 26.5. The summed E-state index contributed by atoms with van der Waals surface area (Å²) >= 11 is 0. The molecule has 2 aliphatic heterocycles. The maximum absolute atomic E-state index is 4.60. The number of hydrogen-bond donors (Lipinski definition) is 1. The summed E-state index contributed by atoms with van der Waals surface area (Å²) in [6.45, 7) is 5.70. The van der Waals surface area contributed by atoms with Gasteiger partial charge in [-0.05, 0) is 45.2 Å². The fourth-order valence-electron chi connectivity index (χ4n) is 4.06. The van der Waals surface area contributed by atoms with Crippen molar-refractivity contribution in [3.63, 3.8) is 0 Å². The zero-order chi connectivity index (χ0) is 14.8. The molecule has 1 aromatic heterocycles. The lowest BCUT2D eigenvalue weighted by Crippen LogP contribution is -2.53. The first kappa shape index (κ1) is 14.6. The van der Waals surface area contributed by atoms with Gasteiger partial charge in [0.05, 0.1) is 0 Å². The Labute approximate surface area is 127 Å². The average molecular weight is 289 g/mol. The van der Waals surface area contributed by atoms with Gasteiger partial charge < -0.3 is 15.1 Å². The van der Waals surface area contributed by atoms with Crippen molar-refractivity contribution in [2.75, 3.05) is 43.9 Å². The van der Waals surface area contributed by atoms with E-state index >= 15 is 0 Å². The second-order valence-electron chi connectivity index (χ2n) is 6.31. The maximum atomic E-state index is 4.60. The molecule has 2 atom stereocenters. The average Bonchev–Trinajstić information content (AvgIpc) is 2.53. The summed E-state index contributed by atoms with van der Waals surface area (Å²) in [5.41, 5.74) is 1.25. The number of likely N-dealkylation sites (tertiary alicyclic amines) is 1. The van der Waals surface area contributed by atoms with Crippen molar-refractivity contribution < 1.29 is 0 Å². The number of nitrogens with one attached hydrogen (secondary N) is 1. The van der Waals surface area contributed by atoms with Gasteiger partial charge in [-0.3, -0.25) is 0 Å². The van der Waals surface area contributed by atoms with Gasteiger partial charge in [-0.25, -0.2) is 9.97 Å². The van der Waals surface area contributed by atoms with Crippen LogP contribution in [0.25, 0.3) is 0 Å². The molecule has 3 rings (SSSR count). The third kappa shape index (κ3) is 2.71. The Morgan fingerprint density at radius 2 is 2.14 bits per heavy atom. The van der Waals surface area contributed by atoms with Crippen LogP contribution in [0.3, 0.4) is 0 Å². The Morgan fingerprint density at radius 3 is 2.90 bits per heavy atom. The summed E-state index contributed by atoms with van der Waals surface area (Å²) in [6, 6.07) is 0.769. The van der Waals surface area contributed by atoms with Crippen LogP contribution in [0.5, 0.6) is 0 Å². The highest BCUT2D eigenvalue weighted by atomic mass is 15.2. The van der Waals surface area contributed by atoms with Crippen molar-refractivity contribution in [1.82, 2.24) is 14.9 Å². The summed E-state index contributed by atoms with van der Waals surface area (Å²) in [4.78, 5) is 14.0. The zero-order valence-electron chi connectivity index (χ0n) is 13.5. The molecule has 0 bridgehead atoms. The smallest absolute Gasteiger partial charge is 0.137 e. The topological polar surface area (TPSA) is 44.3 Å². The Morgan fingerprint density at radius 1 is 1.29 bits per heavy atom. The highest BCUT2D eigenvalue weighted by Crippen LogP contribution is 2.33. The van der Waals surface area contributed by atoms with Gasteiger partial charge in [0.2, 0.25) is 0 Å². The molecule has 2 unspecified atom stereocenters. The number of hydrogen-bond acceptors (Lipinski definition) is 5. The van der Waals surface area contributed by atoms with E-state index in [1.165, 1.54) is 31.4 Å². The summed E-state index contributed by atoms with van der Waals surface area (Å²) in [6.07, 6.45) is 6.61. The maximum Gasteiger partial charge on any atom is 0.137 e. The van der Waals surface area contributed by atoms with Gasteiger partial charge in [0.25, 0.3) is 0 Å². The van der Waals surface area contributed by atoms with Crippen LogP contribution in [0.1, 0.15) is 31.7 Å². The largest absolute Gasteiger partial charge is 0.373 e. The second-order valence-corrected chi connectivity index (χ2v) is 6.31. The van der Waals surface area contributed by atoms with E-state index in [0.29, 0.717) is 0 Å². The lowest BCUT2D eigenvalue weighted by molar-refractivity contribution is 0.102. The number of rotatable bonds is 3. The number of piperidine rings is 2. The van der Waals surface area contributed by atoms with Crippen molar-refractivity contribution in [2.24, 2.45) is 5.92 Å². The van der Waals surface area contributed by atoms with E-state index in [0.717, 1.165) is 43.1 Å². The molecule has 0 amide bonds. The fraction of sp³-hybridized carbons (Fsp3) is 0.750. The summed E-state index contributed by atoms with van der Waals surface area (Å²) in [5.74, 6) is 2.91. The van der Waals surface area contributed by atoms with Gasteiger partial charge in [0.15, 0.2) is 0 Å². The first-order valence-corrected chi connectivity index (χ1v) is 8.21. The first-order valence-electron chi connectivity index (χ1n) is 8.21. The van der Waals surface area contributed by atoms with Crippen LogP contribution in [0.15, 0.2) is 6.33 Å². The third-order valence-electron chi connectivity index (χ3n) is 5.16. The standard InChI is InChI=1S/C16H27N5/c1-4-13-15(17-2)18-11-19-16(13)21-9-7-14-12(10-21)6-5-8-20(14)3/h11-12,14H,4-10H2,1-3H3,(H,17,18,19). The molecule has 1 N–H and O–H groups in total. The first-order chi connectivity index (χ1) is 10.2. The monoisotopic (exact) mass is 289 g/mol. The van der Waals surface area contributed by atoms with Crippen molar-refractivity contribution in [2.45, 2.75) is 38.6 Å². The van der Waals surface area contributed by atoms with Crippen molar-refractivity contribution in [1.29, 1.82) is 0 Å². The number of anilines is 2. The van der Waals surface area contributed by atoms with Crippen LogP contribution in [-0.2, 0) is 6.42 Å². The SMILES string of the molecule is CCc1c(NC)ncnc1N1CCC2C(CCCN2C)C1. The molecule has 1 aromatic rings. The summed E-state index contributed by atoms with van der Waals surface area (Å²) in [7, 11) is 4.22. The predicted molar refractivity (Wildman–Crippen MR) is 86.9 cm³/mol. The van der Waals surface area contributed by atoms with Crippen LogP contribution in [0.2, 0.25) is 0 Å². The van der Waals surface area contributed by atoms with Gasteiger partial charge >= 0.3 is 0 Å². The molecule has 116 valence electrons. The summed E-state index contributed by atoms with van der Waals surface area (Å²) in [5, 5.41) is 3.20. The summed E-state index contributed by atoms with van der Waals surface area (Å²) < 4.78 is 0. The van der Waals surface area contributed by atoms with Crippen molar-refractivity contribution >= 4 is 11.6 Å². The molecule has 3 heterocycles. The molecular weight excluding hydrogens is 262 g/mol. The Hall–Kier alpha value is -1.36. The molecule has 0 aromatic carbocycles. The molecular formula is C16H27N5. The van der Waals surface area contributed by atoms with E-state index in [1.807, 2.05) is 7.05 Å². The lowest BCUT2D eigenvalue weighted by atomic mass is 9.84. The fourth-order valence-corrected chi connectivity index (χ4v) is 4.06. The van der Waals surface area contributed by atoms with E-state index < -0.39 is 0 Å². The molecule has 0 spiro atoms. The van der Waals surface area contributed by atoms with E-state index in [1.54, 1.807) is 6.33 Å². The highest BCUT2D eigenvalue weighted by Gasteiger charge is 2.35. The van der Waals surface area contributed by atoms with Gasteiger partial charge in [0.1, 0.15) is 18.0 Å². The molecule has 5 nitrogen and oxygen atoms in total. The minimum absolute atomic E-state index is 0.769. The molecule has 2 fully saturated rings. The second kappa shape index (κ2) is 6.18. The van der Waals surface area contributed by atoms with Crippen LogP contribution in [-0.4, -0.2) is 54.6 Å². The van der Waals surface area contributed by atoms with Crippen LogP contribution < -0.4 is 10.2 Å². The van der Waals surface area contributed by atoms with E-state index in [2.05, 4.69) is 39.1 Å². The molecule has 2 saturated heterocycles. The molecule has 21 heavy (non-hydrogen) atoms. The van der Waals surface area contributed by atoms with E-state index in [4.69, 9.17) is 0 Å².